The first-order valence-electron chi connectivity index (χ1n) is 19.0. The quantitative estimate of drug-likeness (QED) is 0.175. The summed E-state index contributed by atoms with van der Waals surface area (Å²) in [6.45, 7) is 18.2. The summed E-state index contributed by atoms with van der Waals surface area (Å²) in [5.41, 5.74) is -1.00. The second-order valence-electron chi connectivity index (χ2n) is 18.0. The Hall–Kier alpha value is -2.75. The second-order valence-corrected chi connectivity index (χ2v) is 18.0. The summed E-state index contributed by atoms with van der Waals surface area (Å²) >= 11 is 0. The van der Waals surface area contributed by atoms with E-state index in [-0.39, 0.29) is 35.1 Å². The fraction of sp³-hybridized carbons (Fsp3) is 0.738. The fourth-order valence-electron chi connectivity index (χ4n) is 12.3. The predicted octanol–water partition coefficient (Wildman–Crippen LogP) is 7.44. The van der Waals surface area contributed by atoms with E-state index < -0.39 is 51.9 Å². The van der Waals surface area contributed by atoms with Gasteiger partial charge in [0.2, 0.25) is 0 Å². The number of aliphatic hydroxyl groups is 1. The minimum absolute atomic E-state index is 0.0273. The van der Waals surface area contributed by atoms with Crippen LogP contribution in [0.3, 0.4) is 0 Å². The van der Waals surface area contributed by atoms with E-state index in [4.69, 9.17) is 23.7 Å². The monoisotopic (exact) mass is 708 g/mol. The van der Waals surface area contributed by atoms with Gasteiger partial charge in [-0.15, -0.1) is 0 Å². The van der Waals surface area contributed by atoms with Gasteiger partial charge in [-0.05, 0) is 87.2 Å². The molecular formula is C42H60O9. The predicted molar refractivity (Wildman–Crippen MR) is 191 cm³/mol. The minimum atomic E-state index is -1.14. The van der Waals surface area contributed by atoms with Crippen LogP contribution in [0.4, 0.5) is 0 Å². The lowest BCUT2D eigenvalue weighted by Crippen LogP contribution is -2.70. The Kier molecular flexibility index (Phi) is 9.67. The van der Waals surface area contributed by atoms with E-state index >= 15 is 0 Å². The highest BCUT2D eigenvalue weighted by Crippen LogP contribution is 2.74. The van der Waals surface area contributed by atoms with Gasteiger partial charge in [0.25, 0.3) is 0 Å². The number of rotatable bonds is 7. The Balaban J connectivity index is 1.36. The van der Waals surface area contributed by atoms with E-state index in [2.05, 4.69) is 40.7 Å². The summed E-state index contributed by atoms with van der Waals surface area (Å²) in [4.78, 5) is 39.2. The number of esters is 3. The molecular weight excluding hydrogens is 648 g/mol. The SMILES string of the molecule is CO[C@]1(C(C)(C)O)CC[C@@H]([C@@H]2CC=C3[C@]4(C)[C@H](OC(C)=O)C[C@H]5C(C)(C)[C@H](OC(=O)c6ccccc6)C[C@H](OC(C)=O)[C@]5(C)[C@H]4CC[C@]32C)CO1. The smallest absolute Gasteiger partial charge is 0.338 e. The molecule has 1 heterocycles. The lowest BCUT2D eigenvalue weighted by Gasteiger charge is -2.70. The molecule has 282 valence electrons. The number of hydrogen-bond acceptors (Lipinski definition) is 9. The molecule has 1 N–H and O–H groups in total. The first-order valence-corrected chi connectivity index (χ1v) is 19.0. The maximum Gasteiger partial charge on any atom is 0.338 e. The van der Waals surface area contributed by atoms with Crippen molar-refractivity contribution in [3.8, 4) is 0 Å². The van der Waals surface area contributed by atoms with E-state index in [1.165, 1.54) is 19.4 Å². The van der Waals surface area contributed by atoms with E-state index in [0.717, 1.165) is 25.7 Å². The molecule has 0 bridgehead atoms. The zero-order chi connectivity index (χ0) is 37.4. The van der Waals surface area contributed by atoms with Crippen molar-refractivity contribution in [1.82, 2.24) is 0 Å². The Morgan fingerprint density at radius 2 is 1.49 bits per heavy atom. The second kappa shape index (κ2) is 13.0. The molecule has 9 nitrogen and oxygen atoms in total. The van der Waals surface area contributed by atoms with Gasteiger partial charge in [0.15, 0.2) is 5.79 Å². The third-order valence-corrected chi connectivity index (χ3v) is 14.8. The topological polar surface area (TPSA) is 118 Å². The minimum Gasteiger partial charge on any atom is -0.462 e. The van der Waals surface area contributed by atoms with Gasteiger partial charge in [0.1, 0.15) is 23.9 Å². The van der Waals surface area contributed by atoms with Crippen LogP contribution in [0.1, 0.15) is 118 Å². The van der Waals surface area contributed by atoms with Crippen molar-refractivity contribution in [3.63, 3.8) is 0 Å². The van der Waals surface area contributed by atoms with Gasteiger partial charge in [0.05, 0.1) is 12.2 Å². The molecule has 6 rings (SSSR count). The molecule has 5 aliphatic rings. The average molecular weight is 709 g/mol. The highest BCUT2D eigenvalue weighted by molar-refractivity contribution is 5.89. The van der Waals surface area contributed by atoms with Crippen LogP contribution in [0.15, 0.2) is 42.0 Å². The zero-order valence-corrected chi connectivity index (χ0v) is 32.4. The largest absolute Gasteiger partial charge is 0.462 e. The summed E-state index contributed by atoms with van der Waals surface area (Å²) in [5.74, 6) is -1.57. The van der Waals surface area contributed by atoms with Crippen molar-refractivity contribution in [2.75, 3.05) is 13.7 Å². The highest BCUT2D eigenvalue weighted by atomic mass is 16.7. The summed E-state index contributed by atoms with van der Waals surface area (Å²) in [7, 11) is 1.61. The number of benzene rings is 1. The van der Waals surface area contributed by atoms with Crippen LogP contribution in [-0.2, 0) is 33.3 Å². The van der Waals surface area contributed by atoms with Crippen LogP contribution in [-0.4, -0.2) is 66.4 Å². The van der Waals surface area contributed by atoms with Gasteiger partial charge in [0, 0.05) is 50.0 Å². The van der Waals surface area contributed by atoms with Crippen LogP contribution in [0.2, 0.25) is 0 Å². The third-order valence-electron chi connectivity index (χ3n) is 14.8. The molecule has 1 aliphatic heterocycles. The van der Waals surface area contributed by atoms with Crippen LogP contribution in [0.5, 0.6) is 0 Å². The first-order chi connectivity index (χ1) is 23.8. The molecule has 1 saturated heterocycles. The summed E-state index contributed by atoms with van der Waals surface area (Å²) in [5, 5.41) is 10.9. The van der Waals surface area contributed by atoms with Crippen LogP contribution in [0.25, 0.3) is 0 Å². The summed E-state index contributed by atoms with van der Waals surface area (Å²) in [6, 6.07) is 8.99. The molecule has 4 fully saturated rings. The van der Waals surface area contributed by atoms with Crippen molar-refractivity contribution in [2.24, 2.45) is 45.3 Å². The molecule has 51 heavy (non-hydrogen) atoms. The molecule has 9 heteroatoms. The normalized spacial score (nSPS) is 41.6. The maximum atomic E-state index is 13.4. The van der Waals surface area contributed by atoms with Crippen LogP contribution in [0, 0.1) is 45.3 Å². The highest BCUT2D eigenvalue weighted by Gasteiger charge is 2.73. The average Bonchev–Trinajstić information content (AvgIpc) is 3.42. The van der Waals surface area contributed by atoms with Crippen LogP contribution < -0.4 is 0 Å². The lowest BCUT2D eigenvalue weighted by molar-refractivity contribution is -0.326. The Bertz CT molecular complexity index is 1530. The van der Waals surface area contributed by atoms with Crippen molar-refractivity contribution >= 4 is 17.9 Å². The van der Waals surface area contributed by atoms with E-state index in [0.29, 0.717) is 37.4 Å². The molecule has 0 amide bonds. The van der Waals surface area contributed by atoms with E-state index in [1.54, 1.807) is 33.1 Å². The molecule has 11 atom stereocenters. The van der Waals surface area contributed by atoms with Crippen molar-refractivity contribution in [1.29, 1.82) is 0 Å². The Morgan fingerprint density at radius 1 is 0.843 bits per heavy atom. The lowest BCUT2D eigenvalue weighted by atomic mass is 9.36. The van der Waals surface area contributed by atoms with Gasteiger partial charge in [-0.25, -0.2) is 4.79 Å². The van der Waals surface area contributed by atoms with Gasteiger partial charge in [-0.3, -0.25) is 9.59 Å². The molecule has 1 aromatic rings. The molecule has 0 aromatic heterocycles. The molecule has 3 saturated carbocycles. The number of hydrogen-bond donors (Lipinski definition) is 1. The first kappa shape index (κ1) is 38.0. The van der Waals surface area contributed by atoms with Crippen molar-refractivity contribution in [3.05, 3.63) is 47.5 Å². The van der Waals surface area contributed by atoms with Gasteiger partial charge >= 0.3 is 17.9 Å². The number of methoxy groups -OCH3 is 1. The van der Waals surface area contributed by atoms with Gasteiger partial charge in [-0.2, -0.15) is 0 Å². The number of carbonyl (C=O) groups is 3. The number of carbonyl (C=O) groups excluding carboxylic acids is 3. The third kappa shape index (κ3) is 5.88. The zero-order valence-electron chi connectivity index (χ0n) is 32.4. The molecule has 0 spiro atoms. The number of fused-ring (bicyclic) bond motifs is 5. The van der Waals surface area contributed by atoms with Crippen molar-refractivity contribution in [2.45, 2.75) is 137 Å². The Morgan fingerprint density at radius 3 is 2.06 bits per heavy atom. The summed E-state index contributed by atoms with van der Waals surface area (Å²) in [6.07, 6.45) is 6.12. The summed E-state index contributed by atoms with van der Waals surface area (Å²) < 4.78 is 31.2. The van der Waals surface area contributed by atoms with Gasteiger partial charge < -0.3 is 28.8 Å². The fourth-order valence-corrected chi connectivity index (χ4v) is 12.3. The number of allylic oxidation sites excluding steroid dienone is 1. The molecule has 0 unspecified atom stereocenters. The van der Waals surface area contributed by atoms with Gasteiger partial charge in [-0.1, -0.05) is 64.5 Å². The van der Waals surface area contributed by atoms with E-state index in [1.807, 2.05) is 18.2 Å². The maximum absolute atomic E-state index is 13.4. The standard InChI is InChI=1S/C42H60O9/c1-25(43)49-34-22-32-37(3,4)33(51-36(45)27-14-12-11-13-15-27)23-35(50-26(2)44)41(32,9)31-19-20-39(7)29(16-17-30(39)40(31,34)8)28-18-21-42(47-10,48-24-28)38(5,6)46/h11-15,17,28-29,31-35,46H,16,18-24H2,1-10H3/t28-,29+,31+,32+,33-,34-,35+,39+,40+,41-,42-/m1/s1. The molecule has 4 aliphatic carbocycles. The van der Waals surface area contributed by atoms with Crippen molar-refractivity contribution < 1.29 is 43.2 Å². The number of ether oxygens (including phenoxy) is 5. The van der Waals surface area contributed by atoms with E-state index in [9.17, 15) is 19.5 Å². The Labute approximate surface area is 304 Å². The molecule has 1 aromatic carbocycles. The molecule has 0 radical (unpaired) electrons. The van der Waals surface area contributed by atoms with Crippen LogP contribution >= 0.6 is 0 Å².